The molecule has 1 fully saturated rings. The van der Waals surface area contributed by atoms with Crippen molar-refractivity contribution in [2.75, 3.05) is 18.1 Å². The second kappa shape index (κ2) is 7.22. The zero-order valence-corrected chi connectivity index (χ0v) is 13.9. The molecule has 0 spiro atoms. The number of nitrogens with one attached hydrogen (secondary N) is 1. The summed E-state index contributed by atoms with van der Waals surface area (Å²) in [5.41, 5.74) is 0. The van der Waals surface area contributed by atoms with E-state index in [0.29, 0.717) is 6.04 Å². The van der Waals surface area contributed by atoms with Crippen LogP contribution in [0.3, 0.4) is 0 Å². The van der Waals surface area contributed by atoms with Crippen LogP contribution in [-0.4, -0.2) is 28.6 Å². The molecular weight excluding hydrogens is 278 g/mol. The molecule has 0 saturated carbocycles. The van der Waals surface area contributed by atoms with Crippen LogP contribution in [0.1, 0.15) is 36.1 Å². The van der Waals surface area contributed by atoms with Gasteiger partial charge in [-0.2, -0.15) is 23.5 Å². The van der Waals surface area contributed by atoms with E-state index in [4.69, 9.17) is 0 Å². The van der Waals surface area contributed by atoms with Gasteiger partial charge in [0.2, 0.25) is 0 Å². The van der Waals surface area contributed by atoms with Crippen LogP contribution in [-0.2, 0) is 0 Å². The molecule has 1 aromatic rings. The largest absolute Gasteiger partial charge is 0.309 e. The highest BCUT2D eigenvalue weighted by Crippen LogP contribution is 2.41. The van der Waals surface area contributed by atoms with Gasteiger partial charge in [-0.1, -0.05) is 13.8 Å². The fourth-order valence-corrected chi connectivity index (χ4v) is 6.79. The Labute approximate surface area is 124 Å². The third-order valence-electron chi connectivity index (χ3n) is 3.31. The Morgan fingerprint density at radius 3 is 2.67 bits per heavy atom. The fraction of sp³-hybridized carbons (Fsp3) is 0.714. The lowest BCUT2D eigenvalue weighted by Gasteiger charge is -2.36. The molecule has 0 amide bonds. The highest BCUT2D eigenvalue weighted by molar-refractivity contribution is 8.07. The van der Waals surface area contributed by atoms with Crippen molar-refractivity contribution >= 4 is 34.9 Å². The zero-order valence-electron chi connectivity index (χ0n) is 11.4. The summed E-state index contributed by atoms with van der Waals surface area (Å²) in [6.07, 6.45) is 1.29. The first kappa shape index (κ1) is 14.8. The summed E-state index contributed by atoms with van der Waals surface area (Å²) in [7, 11) is 0. The maximum absolute atomic E-state index is 3.72. The smallest absolute Gasteiger partial charge is 0.0546 e. The van der Waals surface area contributed by atoms with Gasteiger partial charge in [0.25, 0.3) is 0 Å². The van der Waals surface area contributed by atoms with Gasteiger partial charge in [0.05, 0.1) is 6.04 Å². The summed E-state index contributed by atoms with van der Waals surface area (Å²) in [5, 5.41) is 5.25. The van der Waals surface area contributed by atoms with Crippen LogP contribution in [0.25, 0.3) is 0 Å². The van der Waals surface area contributed by atoms with Crippen LogP contribution in [0, 0.1) is 6.92 Å². The van der Waals surface area contributed by atoms with E-state index < -0.39 is 0 Å². The van der Waals surface area contributed by atoms with Crippen molar-refractivity contribution in [1.29, 1.82) is 0 Å². The third-order valence-corrected chi connectivity index (χ3v) is 7.75. The topological polar surface area (TPSA) is 12.0 Å². The van der Waals surface area contributed by atoms with Crippen LogP contribution in [0.2, 0.25) is 0 Å². The van der Waals surface area contributed by atoms with Gasteiger partial charge in [-0.05, 0) is 32.0 Å². The fourth-order valence-electron chi connectivity index (χ4n) is 2.47. The molecule has 3 unspecified atom stereocenters. The molecular formula is C14H23NS3. The van der Waals surface area contributed by atoms with Gasteiger partial charge in [0, 0.05) is 31.8 Å². The lowest BCUT2D eigenvalue weighted by molar-refractivity contribution is 0.520. The van der Waals surface area contributed by atoms with Crippen LogP contribution < -0.4 is 5.32 Å². The minimum atomic E-state index is 0.538. The van der Waals surface area contributed by atoms with Crippen molar-refractivity contribution in [1.82, 2.24) is 5.32 Å². The molecule has 1 aromatic heterocycles. The standard InChI is InChI=1S/C14H23NS3/c1-4-11-14(17-9-8-16-11)13(15-5-2)12-7-6-10(3)18-12/h6-7,11,13-15H,4-5,8-9H2,1-3H3. The molecule has 18 heavy (non-hydrogen) atoms. The molecule has 102 valence electrons. The predicted molar refractivity (Wildman–Crippen MR) is 88.3 cm³/mol. The lowest BCUT2D eigenvalue weighted by atomic mass is 10.1. The molecule has 3 atom stereocenters. The Hall–Kier alpha value is 0.360. The number of aryl methyl sites for hydroxylation is 1. The minimum absolute atomic E-state index is 0.538. The summed E-state index contributed by atoms with van der Waals surface area (Å²) in [4.78, 5) is 2.95. The van der Waals surface area contributed by atoms with Gasteiger partial charge in [0.1, 0.15) is 0 Å². The molecule has 1 N–H and O–H groups in total. The Morgan fingerprint density at radius 1 is 1.28 bits per heavy atom. The van der Waals surface area contributed by atoms with E-state index in [1.54, 1.807) is 0 Å². The molecule has 1 aliphatic rings. The lowest BCUT2D eigenvalue weighted by Crippen LogP contribution is -2.38. The van der Waals surface area contributed by atoms with E-state index in [-0.39, 0.29) is 0 Å². The van der Waals surface area contributed by atoms with Gasteiger partial charge in [0.15, 0.2) is 0 Å². The molecule has 1 nitrogen and oxygen atoms in total. The maximum atomic E-state index is 3.72. The maximum Gasteiger partial charge on any atom is 0.0546 e. The van der Waals surface area contributed by atoms with E-state index in [0.717, 1.165) is 17.0 Å². The number of hydrogen-bond donors (Lipinski definition) is 1. The van der Waals surface area contributed by atoms with Crippen LogP contribution >= 0.6 is 34.9 Å². The average Bonchev–Trinajstić information content (AvgIpc) is 2.82. The highest BCUT2D eigenvalue weighted by atomic mass is 32.2. The SMILES string of the molecule is CCNC(c1ccc(C)s1)C1SCCSC1CC. The van der Waals surface area contributed by atoms with Gasteiger partial charge in [-0.25, -0.2) is 0 Å². The Balaban J connectivity index is 2.17. The number of thioether (sulfide) groups is 2. The summed E-state index contributed by atoms with van der Waals surface area (Å²) >= 11 is 6.30. The normalized spacial score (nSPS) is 26.2. The zero-order chi connectivity index (χ0) is 13.0. The first-order chi connectivity index (χ1) is 8.76. The molecule has 0 radical (unpaired) electrons. The van der Waals surface area contributed by atoms with Crippen LogP contribution in [0.4, 0.5) is 0 Å². The molecule has 0 bridgehead atoms. The highest BCUT2D eigenvalue weighted by Gasteiger charge is 2.33. The third kappa shape index (κ3) is 3.47. The van der Waals surface area contributed by atoms with Crippen molar-refractivity contribution < 1.29 is 0 Å². The van der Waals surface area contributed by atoms with E-state index in [1.165, 1.54) is 27.7 Å². The Kier molecular flexibility index (Phi) is 5.93. The summed E-state index contributed by atoms with van der Waals surface area (Å²) in [5.74, 6) is 2.63. The molecule has 1 saturated heterocycles. The minimum Gasteiger partial charge on any atom is -0.309 e. The molecule has 0 aliphatic carbocycles. The van der Waals surface area contributed by atoms with Gasteiger partial charge < -0.3 is 5.32 Å². The van der Waals surface area contributed by atoms with Crippen molar-refractivity contribution in [3.05, 3.63) is 21.9 Å². The Bertz CT molecular complexity index is 364. The van der Waals surface area contributed by atoms with Crippen LogP contribution in [0.15, 0.2) is 12.1 Å². The second-order valence-electron chi connectivity index (χ2n) is 4.64. The van der Waals surface area contributed by atoms with Crippen molar-refractivity contribution in [2.45, 2.75) is 43.7 Å². The van der Waals surface area contributed by atoms with E-state index in [2.05, 4.69) is 61.7 Å². The van der Waals surface area contributed by atoms with Gasteiger partial charge in [-0.15, -0.1) is 11.3 Å². The monoisotopic (exact) mass is 301 g/mol. The van der Waals surface area contributed by atoms with Crippen molar-refractivity contribution in [2.24, 2.45) is 0 Å². The molecule has 2 heterocycles. The Morgan fingerprint density at radius 2 is 2.06 bits per heavy atom. The quantitative estimate of drug-likeness (QED) is 0.869. The van der Waals surface area contributed by atoms with E-state index in [9.17, 15) is 0 Å². The number of rotatable bonds is 5. The predicted octanol–water partition coefficient (Wildman–Crippen LogP) is 4.33. The summed E-state index contributed by atoms with van der Waals surface area (Å²) in [6, 6.07) is 5.11. The molecule has 1 aliphatic heterocycles. The second-order valence-corrected chi connectivity index (χ2v) is 8.59. The summed E-state index contributed by atoms with van der Waals surface area (Å²) in [6.45, 7) is 7.81. The van der Waals surface area contributed by atoms with Crippen molar-refractivity contribution in [3.63, 3.8) is 0 Å². The molecule has 0 aromatic carbocycles. The average molecular weight is 302 g/mol. The van der Waals surface area contributed by atoms with Crippen LogP contribution in [0.5, 0.6) is 0 Å². The first-order valence-electron chi connectivity index (χ1n) is 6.79. The first-order valence-corrected chi connectivity index (χ1v) is 9.70. The van der Waals surface area contributed by atoms with Gasteiger partial charge >= 0.3 is 0 Å². The number of thiophene rings is 1. The van der Waals surface area contributed by atoms with E-state index in [1.807, 2.05) is 11.3 Å². The number of hydrogen-bond acceptors (Lipinski definition) is 4. The molecule has 4 heteroatoms. The molecule has 2 rings (SSSR count). The summed E-state index contributed by atoms with van der Waals surface area (Å²) < 4.78 is 0. The van der Waals surface area contributed by atoms with Crippen molar-refractivity contribution in [3.8, 4) is 0 Å². The van der Waals surface area contributed by atoms with Gasteiger partial charge in [-0.3, -0.25) is 0 Å². The van der Waals surface area contributed by atoms with E-state index >= 15 is 0 Å².